The summed E-state index contributed by atoms with van der Waals surface area (Å²) in [6.07, 6.45) is 9.94. The van der Waals surface area contributed by atoms with Crippen LogP contribution in [-0.2, 0) is 14.4 Å². The second kappa shape index (κ2) is 8.08. The predicted molar refractivity (Wildman–Crippen MR) is 118 cm³/mol. The summed E-state index contributed by atoms with van der Waals surface area (Å²) < 4.78 is 0. The molecule has 6 rings (SSSR count). The van der Waals surface area contributed by atoms with E-state index in [4.69, 9.17) is 0 Å². The lowest BCUT2D eigenvalue weighted by molar-refractivity contribution is -0.140. The van der Waals surface area contributed by atoms with Crippen molar-refractivity contribution in [2.24, 2.45) is 29.1 Å². The minimum Gasteiger partial charge on any atom is -0.341 e. The van der Waals surface area contributed by atoms with E-state index in [1.807, 2.05) is 28.5 Å². The standard InChI is InChI=1S/C25H39N3O3/c1-17(2)28-16-21(11-22(28)29)24(31)27-5-3-4-26(6-7-27)23(30)15-25-12-18-8-19(13-25)10-20(9-18)14-25/h17-21H,3-16H2,1-2H3. The molecule has 2 saturated heterocycles. The van der Waals surface area contributed by atoms with Crippen molar-refractivity contribution < 1.29 is 14.4 Å². The summed E-state index contributed by atoms with van der Waals surface area (Å²) in [6.45, 7) is 7.26. The molecule has 1 unspecified atom stereocenters. The van der Waals surface area contributed by atoms with Crippen molar-refractivity contribution in [2.75, 3.05) is 32.7 Å². The van der Waals surface area contributed by atoms with E-state index in [2.05, 4.69) is 0 Å². The fourth-order valence-corrected chi connectivity index (χ4v) is 7.98. The molecule has 0 N–H and O–H groups in total. The Kier molecular flexibility index (Phi) is 5.54. The summed E-state index contributed by atoms with van der Waals surface area (Å²) >= 11 is 0. The first-order valence-electron chi connectivity index (χ1n) is 12.7. The fraction of sp³-hybridized carbons (Fsp3) is 0.880. The van der Waals surface area contributed by atoms with Gasteiger partial charge in [-0.05, 0) is 82.0 Å². The van der Waals surface area contributed by atoms with E-state index in [1.54, 1.807) is 0 Å². The van der Waals surface area contributed by atoms with Crippen LogP contribution in [0.4, 0.5) is 0 Å². The van der Waals surface area contributed by atoms with Gasteiger partial charge in [0.25, 0.3) is 0 Å². The maximum absolute atomic E-state index is 13.3. The Morgan fingerprint density at radius 1 is 0.935 bits per heavy atom. The molecule has 6 aliphatic rings. The highest BCUT2D eigenvalue weighted by Crippen LogP contribution is 2.61. The lowest BCUT2D eigenvalue weighted by atomic mass is 9.49. The molecule has 4 saturated carbocycles. The number of carbonyl (C=O) groups excluding carboxylic acids is 3. The van der Waals surface area contributed by atoms with E-state index in [0.717, 1.165) is 37.1 Å². The van der Waals surface area contributed by atoms with Crippen LogP contribution in [0, 0.1) is 29.1 Å². The largest absolute Gasteiger partial charge is 0.341 e. The zero-order chi connectivity index (χ0) is 21.8. The Morgan fingerprint density at radius 2 is 1.52 bits per heavy atom. The number of rotatable bonds is 4. The van der Waals surface area contributed by atoms with Crippen LogP contribution in [0.1, 0.15) is 71.6 Å². The number of amides is 3. The summed E-state index contributed by atoms with van der Waals surface area (Å²) in [6, 6.07) is 0.145. The van der Waals surface area contributed by atoms with Gasteiger partial charge in [-0.1, -0.05) is 0 Å². The number of nitrogens with zero attached hydrogens (tertiary/aromatic N) is 3. The summed E-state index contributed by atoms with van der Waals surface area (Å²) in [4.78, 5) is 44.4. The molecule has 0 spiro atoms. The molecule has 2 heterocycles. The van der Waals surface area contributed by atoms with Gasteiger partial charge >= 0.3 is 0 Å². The first-order chi connectivity index (χ1) is 14.8. The van der Waals surface area contributed by atoms with Crippen molar-refractivity contribution in [1.29, 1.82) is 0 Å². The third-order valence-electron chi connectivity index (χ3n) is 8.98. The van der Waals surface area contributed by atoms with Crippen LogP contribution in [0.15, 0.2) is 0 Å². The zero-order valence-corrected chi connectivity index (χ0v) is 19.4. The van der Waals surface area contributed by atoms with Gasteiger partial charge in [-0.2, -0.15) is 0 Å². The van der Waals surface area contributed by atoms with Crippen LogP contribution < -0.4 is 0 Å². The third-order valence-corrected chi connectivity index (χ3v) is 8.98. The Bertz CT molecular complexity index is 713. The molecule has 0 radical (unpaired) electrons. The molecular formula is C25H39N3O3. The molecule has 4 bridgehead atoms. The average molecular weight is 430 g/mol. The Balaban J connectivity index is 1.16. The molecule has 6 nitrogen and oxygen atoms in total. The topological polar surface area (TPSA) is 60.9 Å². The van der Waals surface area contributed by atoms with Crippen molar-refractivity contribution in [3.63, 3.8) is 0 Å². The molecule has 0 aromatic heterocycles. The summed E-state index contributed by atoms with van der Waals surface area (Å²) in [5, 5.41) is 0. The maximum atomic E-state index is 13.3. The van der Waals surface area contributed by atoms with Crippen LogP contribution in [-0.4, -0.2) is 71.2 Å². The van der Waals surface area contributed by atoms with Crippen LogP contribution in [0.3, 0.4) is 0 Å². The minimum absolute atomic E-state index is 0.0931. The predicted octanol–water partition coefficient (Wildman–Crippen LogP) is 2.91. The Hall–Kier alpha value is -1.59. The van der Waals surface area contributed by atoms with Gasteiger partial charge in [-0.3, -0.25) is 14.4 Å². The van der Waals surface area contributed by atoms with E-state index in [0.29, 0.717) is 38.5 Å². The number of hydrogen-bond donors (Lipinski definition) is 0. The summed E-state index contributed by atoms with van der Waals surface area (Å²) in [7, 11) is 0. The zero-order valence-electron chi connectivity index (χ0n) is 19.4. The highest BCUT2D eigenvalue weighted by molar-refractivity contribution is 5.89. The quantitative estimate of drug-likeness (QED) is 0.690. The molecule has 1 atom stereocenters. The van der Waals surface area contributed by atoms with Crippen LogP contribution >= 0.6 is 0 Å². The summed E-state index contributed by atoms with van der Waals surface area (Å²) in [5.74, 6) is 2.91. The maximum Gasteiger partial charge on any atom is 0.228 e. The van der Waals surface area contributed by atoms with Crippen LogP contribution in [0.5, 0.6) is 0 Å². The van der Waals surface area contributed by atoms with Gasteiger partial charge in [0.15, 0.2) is 0 Å². The van der Waals surface area contributed by atoms with Crippen molar-refractivity contribution in [1.82, 2.24) is 14.7 Å². The smallest absolute Gasteiger partial charge is 0.228 e. The van der Waals surface area contributed by atoms with Crippen molar-refractivity contribution in [3.8, 4) is 0 Å². The monoisotopic (exact) mass is 429 g/mol. The van der Waals surface area contributed by atoms with E-state index in [-0.39, 0.29) is 29.2 Å². The third kappa shape index (κ3) is 4.11. The molecule has 6 fully saturated rings. The first-order valence-corrected chi connectivity index (χ1v) is 12.7. The van der Waals surface area contributed by atoms with E-state index in [9.17, 15) is 14.4 Å². The van der Waals surface area contributed by atoms with E-state index in [1.165, 1.54) is 38.5 Å². The molecule has 2 aliphatic heterocycles. The highest BCUT2D eigenvalue weighted by atomic mass is 16.2. The number of hydrogen-bond acceptors (Lipinski definition) is 3. The lowest BCUT2D eigenvalue weighted by Gasteiger charge is -2.57. The van der Waals surface area contributed by atoms with Crippen molar-refractivity contribution in [3.05, 3.63) is 0 Å². The molecule has 4 aliphatic carbocycles. The van der Waals surface area contributed by atoms with Gasteiger partial charge in [-0.15, -0.1) is 0 Å². The van der Waals surface area contributed by atoms with Gasteiger partial charge in [0.2, 0.25) is 17.7 Å². The van der Waals surface area contributed by atoms with Crippen molar-refractivity contribution in [2.45, 2.75) is 77.7 Å². The molecule has 3 amide bonds. The SMILES string of the molecule is CC(C)N1CC(C(=O)N2CCCN(C(=O)CC34CC5CC(CC(C5)C3)C4)CC2)CC1=O. The second-order valence-corrected chi connectivity index (χ2v) is 11.7. The van der Waals surface area contributed by atoms with Crippen molar-refractivity contribution >= 4 is 17.7 Å². The van der Waals surface area contributed by atoms with Crippen LogP contribution in [0.2, 0.25) is 0 Å². The Labute approximate surface area is 186 Å². The van der Waals surface area contributed by atoms with E-state index < -0.39 is 0 Å². The lowest BCUT2D eigenvalue weighted by Crippen LogP contribution is -2.48. The van der Waals surface area contributed by atoms with E-state index >= 15 is 0 Å². The van der Waals surface area contributed by atoms with Gasteiger partial charge < -0.3 is 14.7 Å². The molecule has 172 valence electrons. The number of likely N-dealkylation sites (tertiary alicyclic amines) is 1. The van der Waals surface area contributed by atoms with Gasteiger partial charge in [0, 0.05) is 51.6 Å². The number of carbonyl (C=O) groups is 3. The first kappa shape index (κ1) is 21.3. The normalized spacial score (nSPS) is 37.6. The van der Waals surface area contributed by atoms with Crippen LogP contribution in [0.25, 0.3) is 0 Å². The molecule has 0 aromatic carbocycles. The minimum atomic E-state index is -0.218. The molecular weight excluding hydrogens is 390 g/mol. The van der Waals surface area contributed by atoms with Gasteiger partial charge in [0.05, 0.1) is 5.92 Å². The fourth-order valence-electron chi connectivity index (χ4n) is 7.98. The highest BCUT2D eigenvalue weighted by Gasteiger charge is 2.51. The molecule has 6 heteroatoms. The van der Waals surface area contributed by atoms with Gasteiger partial charge in [-0.25, -0.2) is 0 Å². The summed E-state index contributed by atoms with van der Waals surface area (Å²) in [5.41, 5.74) is 0.276. The molecule has 0 aromatic rings. The van der Waals surface area contributed by atoms with Gasteiger partial charge in [0.1, 0.15) is 0 Å². The Morgan fingerprint density at radius 3 is 2.10 bits per heavy atom. The average Bonchev–Trinajstić information content (AvgIpc) is 2.92. The second-order valence-electron chi connectivity index (χ2n) is 11.7. The molecule has 31 heavy (non-hydrogen) atoms.